The van der Waals surface area contributed by atoms with Crippen LogP contribution in [0.1, 0.15) is 26.3 Å². The number of benzene rings is 1. The molecule has 1 N–H and O–H groups in total. The second-order valence-corrected chi connectivity index (χ2v) is 3.31. The summed E-state index contributed by atoms with van der Waals surface area (Å²) in [6.45, 7) is 6.02. The van der Waals surface area contributed by atoms with Gasteiger partial charge in [0.05, 0.1) is 6.10 Å². The zero-order valence-corrected chi connectivity index (χ0v) is 8.37. The van der Waals surface area contributed by atoms with Gasteiger partial charge in [0.15, 0.2) is 0 Å². The molecule has 0 saturated heterocycles. The number of hydrogen-bond acceptors (Lipinski definition) is 2. The highest BCUT2D eigenvalue weighted by Crippen LogP contribution is 2.25. The van der Waals surface area contributed by atoms with Crippen molar-refractivity contribution in [2.45, 2.75) is 33.3 Å². The highest BCUT2D eigenvalue weighted by atomic mass is 16.5. The minimum atomic E-state index is 0.145. The molecule has 0 spiro atoms. The largest absolute Gasteiger partial charge is 0.508 e. The second kappa shape index (κ2) is 4.17. The van der Waals surface area contributed by atoms with Gasteiger partial charge >= 0.3 is 0 Å². The molecule has 0 heterocycles. The van der Waals surface area contributed by atoms with Crippen LogP contribution >= 0.6 is 0 Å². The normalized spacial score (nSPS) is 10.5. The molecule has 0 unspecified atom stereocenters. The molecule has 2 nitrogen and oxygen atoms in total. The smallest absolute Gasteiger partial charge is 0.126 e. The van der Waals surface area contributed by atoms with Crippen molar-refractivity contribution in [3.05, 3.63) is 23.8 Å². The van der Waals surface area contributed by atoms with Gasteiger partial charge in [-0.25, -0.2) is 0 Å². The molecule has 0 bridgehead atoms. The van der Waals surface area contributed by atoms with Gasteiger partial charge in [0.1, 0.15) is 11.5 Å². The molecule has 1 rings (SSSR count). The Kier molecular flexibility index (Phi) is 3.18. The first-order valence-electron chi connectivity index (χ1n) is 4.62. The van der Waals surface area contributed by atoms with Crippen LogP contribution in [0.3, 0.4) is 0 Å². The molecule has 0 aliphatic heterocycles. The third-order valence-electron chi connectivity index (χ3n) is 1.79. The van der Waals surface area contributed by atoms with Gasteiger partial charge in [-0.05, 0) is 31.9 Å². The SMILES string of the molecule is CCc1ccc(O)cc1OC(C)C. The van der Waals surface area contributed by atoms with E-state index >= 15 is 0 Å². The average Bonchev–Trinajstić information content (AvgIpc) is 2.03. The van der Waals surface area contributed by atoms with Crippen LogP contribution in [-0.2, 0) is 6.42 Å². The molecule has 13 heavy (non-hydrogen) atoms. The van der Waals surface area contributed by atoms with Gasteiger partial charge in [-0.2, -0.15) is 0 Å². The lowest BCUT2D eigenvalue weighted by Gasteiger charge is -2.13. The Balaban J connectivity index is 2.94. The van der Waals surface area contributed by atoms with Crippen molar-refractivity contribution < 1.29 is 9.84 Å². The number of hydrogen-bond donors (Lipinski definition) is 1. The van der Waals surface area contributed by atoms with Gasteiger partial charge in [0, 0.05) is 6.07 Å². The summed E-state index contributed by atoms with van der Waals surface area (Å²) in [4.78, 5) is 0. The predicted molar refractivity (Wildman–Crippen MR) is 53.2 cm³/mol. The molecule has 0 aromatic heterocycles. The van der Waals surface area contributed by atoms with Crippen molar-refractivity contribution >= 4 is 0 Å². The lowest BCUT2D eigenvalue weighted by molar-refractivity contribution is 0.239. The van der Waals surface area contributed by atoms with Gasteiger partial charge in [-0.15, -0.1) is 0 Å². The number of ether oxygens (including phenoxy) is 1. The van der Waals surface area contributed by atoms with Crippen molar-refractivity contribution in [3.8, 4) is 11.5 Å². The van der Waals surface area contributed by atoms with Crippen molar-refractivity contribution in [1.29, 1.82) is 0 Å². The van der Waals surface area contributed by atoms with E-state index in [1.54, 1.807) is 12.1 Å². The number of phenolic OH excluding ortho intramolecular Hbond substituents is 1. The van der Waals surface area contributed by atoms with Gasteiger partial charge in [0.25, 0.3) is 0 Å². The standard InChI is InChI=1S/C11H16O2/c1-4-9-5-6-10(12)7-11(9)13-8(2)3/h5-8,12H,4H2,1-3H3. The molecule has 1 aromatic rings. The monoisotopic (exact) mass is 180 g/mol. The molecule has 0 aliphatic rings. The third-order valence-corrected chi connectivity index (χ3v) is 1.79. The van der Waals surface area contributed by atoms with Crippen molar-refractivity contribution in [3.63, 3.8) is 0 Å². The highest BCUT2D eigenvalue weighted by Gasteiger charge is 2.04. The first-order chi connectivity index (χ1) is 6.13. The van der Waals surface area contributed by atoms with Gasteiger partial charge in [-0.3, -0.25) is 0 Å². The van der Waals surface area contributed by atoms with Crippen molar-refractivity contribution in [2.24, 2.45) is 0 Å². The van der Waals surface area contributed by atoms with Crippen LogP contribution in [0.4, 0.5) is 0 Å². The molecule has 0 saturated carbocycles. The lowest BCUT2D eigenvalue weighted by Crippen LogP contribution is -2.07. The quantitative estimate of drug-likeness (QED) is 0.775. The van der Waals surface area contributed by atoms with Crippen molar-refractivity contribution in [2.75, 3.05) is 0 Å². The predicted octanol–water partition coefficient (Wildman–Crippen LogP) is 2.74. The number of aromatic hydroxyl groups is 1. The molecule has 0 amide bonds. The van der Waals surface area contributed by atoms with Crippen molar-refractivity contribution in [1.82, 2.24) is 0 Å². The molecule has 0 radical (unpaired) electrons. The van der Waals surface area contributed by atoms with E-state index < -0.39 is 0 Å². The van der Waals surface area contributed by atoms with E-state index in [-0.39, 0.29) is 11.9 Å². The number of rotatable bonds is 3. The maximum Gasteiger partial charge on any atom is 0.126 e. The first kappa shape index (κ1) is 9.90. The van der Waals surface area contributed by atoms with E-state index in [1.807, 2.05) is 19.9 Å². The van der Waals surface area contributed by atoms with Crippen LogP contribution in [0.5, 0.6) is 11.5 Å². The van der Waals surface area contributed by atoms with Crippen LogP contribution in [0, 0.1) is 0 Å². The Morgan fingerprint density at radius 2 is 2.08 bits per heavy atom. The summed E-state index contributed by atoms with van der Waals surface area (Å²) in [5.41, 5.74) is 1.13. The third kappa shape index (κ3) is 2.65. The molecule has 2 heteroatoms. The summed E-state index contributed by atoms with van der Waals surface area (Å²) in [6.07, 6.45) is 1.06. The van der Waals surface area contributed by atoms with E-state index in [1.165, 1.54) is 0 Å². The summed E-state index contributed by atoms with van der Waals surface area (Å²) in [6, 6.07) is 5.25. The summed E-state index contributed by atoms with van der Waals surface area (Å²) in [7, 11) is 0. The fourth-order valence-corrected chi connectivity index (χ4v) is 1.20. The molecule has 72 valence electrons. The first-order valence-corrected chi connectivity index (χ1v) is 4.62. The zero-order chi connectivity index (χ0) is 9.84. The maximum absolute atomic E-state index is 9.27. The Morgan fingerprint density at radius 1 is 1.38 bits per heavy atom. The van der Waals surface area contributed by atoms with Gasteiger partial charge in [-0.1, -0.05) is 13.0 Å². The molecular weight excluding hydrogens is 164 g/mol. The number of aryl methyl sites for hydroxylation is 1. The van der Waals surface area contributed by atoms with Crippen LogP contribution in [0.15, 0.2) is 18.2 Å². The van der Waals surface area contributed by atoms with E-state index in [0.29, 0.717) is 0 Å². The average molecular weight is 180 g/mol. The summed E-state index contributed by atoms with van der Waals surface area (Å²) < 4.78 is 5.56. The Labute approximate surface area is 79.2 Å². The lowest BCUT2D eigenvalue weighted by atomic mass is 10.1. The van der Waals surface area contributed by atoms with Crippen LogP contribution in [0.25, 0.3) is 0 Å². The molecule has 1 aromatic carbocycles. The Bertz CT molecular complexity index is 279. The summed E-state index contributed by atoms with van der Waals surface area (Å²) in [5.74, 6) is 1.05. The molecule has 0 aliphatic carbocycles. The topological polar surface area (TPSA) is 29.5 Å². The van der Waals surface area contributed by atoms with E-state index in [2.05, 4.69) is 6.92 Å². The second-order valence-electron chi connectivity index (χ2n) is 3.31. The van der Waals surface area contributed by atoms with Gasteiger partial charge < -0.3 is 9.84 Å². The van der Waals surface area contributed by atoms with Crippen LogP contribution < -0.4 is 4.74 Å². The highest BCUT2D eigenvalue weighted by molar-refractivity contribution is 5.40. The molecule has 0 atom stereocenters. The molecular formula is C11H16O2. The fraction of sp³-hybridized carbons (Fsp3) is 0.455. The maximum atomic E-state index is 9.27. The van der Waals surface area contributed by atoms with E-state index in [9.17, 15) is 5.11 Å². The van der Waals surface area contributed by atoms with Gasteiger partial charge in [0.2, 0.25) is 0 Å². The van der Waals surface area contributed by atoms with E-state index in [0.717, 1.165) is 17.7 Å². The summed E-state index contributed by atoms with van der Waals surface area (Å²) >= 11 is 0. The summed E-state index contributed by atoms with van der Waals surface area (Å²) in [5, 5.41) is 9.27. The number of phenols is 1. The molecule has 0 fully saturated rings. The Hall–Kier alpha value is -1.18. The van der Waals surface area contributed by atoms with E-state index in [4.69, 9.17) is 4.74 Å². The van der Waals surface area contributed by atoms with Crippen LogP contribution in [0.2, 0.25) is 0 Å². The van der Waals surface area contributed by atoms with Crippen LogP contribution in [-0.4, -0.2) is 11.2 Å². The zero-order valence-electron chi connectivity index (χ0n) is 8.37. The fourth-order valence-electron chi connectivity index (χ4n) is 1.20. The Morgan fingerprint density at radius 3 is 2.62 bits per heavy atom. The minimum absolute atomic E-state index is 0.145. The minimum Gasteiger partial charge on any atom is -0.508 e.